The van der Waals surface area contributed by atoms with Gasteiger partial charge in [0.25, 0.3) is 0 Å². The molecule has 2 atom stereocenters. The summed E-state index contributed by atoms with van der Waals surface area (Å²) in [5, 5.41) is 10.1. The van der Waals surface area contributed by atoms with Gasteiger partial charge in [0, 0.05) is 0 Å². The number of aliphatic hydroxyl groups excluding tert-OH is 1. The van der Waals surface area contributed by atoms with Crippen LogP contribution in [0.15, 0.2) is 42.0 Å². The minimum absolute atomic E-state index is 0.0175. The maximum atomic E-state index is 12.2. The molecule has 0 aliphatic carbocycles. The first-order valence-corrected chi connectivity index (χ1v) is 6.95. The van der Waals surface area contributed by atoms with E-state index in [0.29, 0.717) is 0 Å². The lowest BCUT2D eigenvalue weighted by Crippen LogP contribution is -2.33. The van der Waals surface area contributed by atoms with Crippen molar-refractivity contribution in [2.45, 2.75) is 40.4 Å². The van der Waals surface area contributed by atoms with Crippen LogP contribution in [0.4, 0.5) is 0 Å². The number of carbonyl (C=O) groups excluding carboxylic acids is 1. The molecule has 0 amide bonds. The molecule has 110 valence electrons. The van der Waals surface area contributed by atoms with Crippen LogP contribution in [0.5, 0.6) is 0 Å². The molecule has 1 aromatic carbocycles. The minimum atomic E-state index is -0.803. The largest absolute Gasteiger partial charge is 0.461 e. The highest BCUT2D eigenvalue weighted by atomic mass is 16.5. The number of hydrogen-bond donors (Lipinski definition) is 1. The fraction of sp³-hybridized carbons (Fsp3) is 0.471. The minimum Gasteiger partial charge on any atom is -0.461 e. The topological polar surface area (TPSA) is 46.5 Å². The standard InChI is InChI=1S/C17H24O3/c1-12(2)10-15(18)16(13(3)4)17(19)20-11-14-8-6-5-7-9-14/h5-10,13,15-16,18H,11H2,1-4H3. The van der Waals surface area contributed by atoms with E-state index in [2.05, 4.69) is 0 Å². The van der Waals surface area contributed by atoms with Crippen LogP contribution >= 0.6 is 0 Å². The average molecular weight is 276 g/mol. The van der Waals surface area contributed by atoms with Crippen molar-refractivity contribution in [3.05, 3.63) is 47.5 Å². The summed E-state index contributed by atoms with van der Waals surface area (Å²) in [5.41, 5.74) is 1.93. The average Bonchev–Trinajstić information content (AvgIpc) is 2.36. The zero-order valence-electron chi connectivity index (χ0n) is 12.7. The third kappa shape index (κ3) is 5.17. The summed E-state index contributed by atoms with van der Waals surface area (Å²) in [4.78, 5) is 12.2. The number of aliphatic hydroxyl groups is 1. The van der Waals surface area contributed by atoms with Gasteiger partial charge in [0.05, 0.1) is 12.0 Å². The van der Waals surface area contributed by atoms with E-state index in [9.17, 15) is 9.90 Å². The lowest BCUT2D eigenvalue weighted by atomic mass is 9.89. The monoisotopic (exact) mass is 276 g/mol. The molecule has 0 aromatic heterocycles. The summed E-state index contributed by atoms with van der Waals surface area (Å²) in [5.74, 6) is -0.869. The van der Waals surface area contributed by atoms with Crippen molar-refractivity contribution in [3.63, 3.8) is 0 Å². The summed E-state index contributed by atoms with van der Waals surface area (Å²) >= 11 is 0. The van der Waals surface area contributed by atoms with Crippen LogP contribution in [0, 0.1) is 11.8 Å². The molecule has 3 nitrogen and oxygen atoms in total. The Balaban J connectivity index is 2.68. The quantitative estimate of drug-likeness (QED) is 0.640. The predicted molar refractivity (Wildman–Crippen MR) is 80.0 cm³/mol. The first kappa shape index (κ1) is 16.4. The van der Waals surface area contributed by atoms with Gasteiger partial charge in [-0.25, -0.2) is 0 Å². The lowest BCUT2D eigenvalue weighted by molar-refractivity contribution is -0.154. The van der Waals surface area contributed by atoms with E-state index in [1.807, 2.05) is 58.0 Å². The van der Waals surface area contributed by atoms with Crippen LogP contribution in [-0.4, -0.2) is 17.2 Å². The molecule has 0 bridgehead atoms. The lowest BCUT2D eigenvalue weighted by Gasteiger charge is -2.23. The normalized spacial score (nSPS) is 13.7. The van der Waals surface area contributed by atoms with Gasteiger partial charge in [-0.15, -0.1) is 0 Å². The molecule has 2 unspecified atom stereocenters. The van der Waals surface area contributed by atoms with Gasteiger partial charge in [-0.3, -0.25) is 4.79 Å². The van der Waals surface area contributed by atoms with Gasteiger partial charge in [-0.05, 0) is 25.3 Å². The Labute approximate surface area is 121 Å². The molecular weight excluding hydrogens is 252 g/mol. The molecule has 3 heteroatoms. The number of allylic oxidation sites excluding steroid dienone is 1. The molecule has 1 aromatic rings. The maximum absolute atomic E-state index is 12.2. The summed E-state index contributed by atoms with van der Waals surface area (Å²) < 4.78 is 5.33. The highest BCUT2D eigenvalue weighted by molar-refractivity contribution is 5.73. The maximum Gasteiger partial charge on any atom is 0.312 e. The van der Waals surface area contributed by atoms with Gasteiger partial charge in [0.2, 0.25) is 0 Å². The highest BCUT2D eigenvalue weighted by Crippen LogP contribution is 2.20. The molecule has 1 N–H and O–H groups in total. The molecule has 0 saturated heterocycles. The molecule has 0 saturated carbocycles. The Morgan fingerprint density at radius 2 is 1.85 bits per heavy atom. The van der Waals surface area contributed by atoms with E-state index in [1.54, 1.807) is 6.08 Å². The number of ether oxygens (including phenoxy) is 1. The van der Waals surface area contributed by atoms with Crippen LogP contribution in [0.2, 0.25) is 0 Å². The van der Waals surface area contributed by atoms with E-state index in [1.165, 1.54) is 0 Å². The van der Waals surface area contributed by atoms with Gasteiger partial charge >= 0.3 is 5.97 Å². The Kier molecular flexibility index (Phi) is 6.46. The molecule has 1 rings (SSSR count). The van der Waals surface area contributed by atoms with Crippen LogP contribution < -0.4 is 0 Å². The SMILES string of the molecule is CC(C)=CC(O)C(C(=O)OCc1ccccc1)C(C)C. The number of esters is 1. The predicted octanol–water partition coefficient (Wildman–Crippen LogP) is 3.33. The third-order valence-corrected chi connectivity index (χ3v) is 3.09. The molecule has 0 heterocycles. The molecule has 20 heavy (non-hydrogen) atoms. The molecule has 0 aliphatic heterocycles. The number of hydrogen-bond acceptors (Lipinski definition) is 3. The zero-order chi connectivity index (χ0) is 15.1. The summed E-state index contributed by atoms with van der Waals surface area (Å²) in [6.45, 7) is 7.86. The van der Waals surface area contributed by atoms with Crippen molar-refractivity contribution in [2.75, 3.05) is 0 Å². The van der Waals surface area contributed by atoms with E-state index >= 15 is 0 Å². The van der Waals surface area contributed by atoms with Crippen molar-refractivity contribution in [2.24, 2.45) is 11.8 Å². The van der Waals surface area contributed by atoms with Crippen LogP contribution in [0.1, 0.15) is 33.3 Å². The summed E-state index contributed by atoms with van der Waals surface area (Å²) in [6.07, 6.45) is 0.900. The first-order chi connectivity index (χ1) is 9.41. The fourth-order valence-electron chi connectivity index (χ4n) is 2.08. The summed E-state index contributed by atoms with van der Waals surface area (Å²) in [6, 6.07) is 9.54. The smallest absolute Gasteiger partial charge is 0.312 e. The van der Waals surface area contributed by atoms with E-state index in [0.717, 1.165) is 11.1 Å². The van der Waals surface area contributed by atoms with E-state index in [-0.39, 0.29) is 18.5 Å². The summed E-state index contributed by atoms with van der Waals surface area (Å²) in [7, 11) is 0. The zero-order valence-corrected chi connectivity index (χ0v) is 12.7. The van der Waals surface area contributed by atoms with Crippen molar-refractivity contribution in [1.29, 1.82) is 0 Å². The molecule has 0 radical (unpaired) electrons. The second kappa shape index (κ2) is 7.85. The van der Waals surface area contributed by atoms with Gasteiger partial charge < -0.3 is 9.84 Å². The molecule has 0 fully saturated rings. The van der Waals surface area contributed by atoms with E-state index < -0.39 is 12.0 Å². The number of rotatable bonds is 6. The molecular formula is C17H24O3. The Hall–Kier alpha value is -1.61. The van der Waals surface area contributed by atoms with Crippen molar-refractivity contribution in [3.8, 4) is 0 Å². The second-order valence-electron chi connectivity index (χ2n) is 5.60. The second-order valence-corrected chi connectivity index (χ2v) is 5.60. The number of carbonyl (C=O) groups is 1. The van der Waals surface area contributed by atoms with Gasteiger partial charge in [-0.1, -0.05) is 55.8 Å². The Bertz CT molecular complexity index is 445. The van der Waals surface area contributed by atoms with Gasteiger partial charge in [-0.2, -0.15) is 0 Å². The van der Waals surface area contributed by atoms with Crippen LogP contribution in [0.3, 0.4) is 0 Å². The fourth-order valence-corrected chi connectivity index (χ4v) is 2.08. The molecule has 0 spiro atoms. The van der Waals surface area contributed by atoms with E-state index in [4.69, 9.17) is 4.74 Å². The third-order valence-electron chi connectivity index (χ3n) is 3.09. The number of benzene rings is 1. The highest BCUT2D eigenvalue weighted by Gasteiger charge is 2.30. The molecule has 0 aliphatic rings. The van der Waals surface area contributed by atoms with Gasteiger partial charge in [0.15, 0.2) is 0 Å². The first-order valence-electron chi connectivity index (χ1n) is 6.95. The van der Waals surface area contributed by atoms with Gasteiger partial charge in [0.1, 0.15) is 6.61 Å². The van der Waals surface area contributed by atoms with Crippen molar-refractivity contribution in [1.82, 2.24) is 0 Å². The van der Waals surface area contributed by atoms with Crippen LogP contribution in [0.25, 0.3) is 0 Å². The Morgan fingerprint density at radius 3 is 2.35 bits per heavy atom. The van der Waals surface area contributed by atoms with Crippen molar-refractivity contribution < 1.29 is 14.6 Å². The van der Waals surface area contributed by atoms with Crippen LogP contribution in [-0.2, 0) is 16.1 Å². The van der Waals surface area contributed by atoms with Crippen molar-refractivity contribution >= 4 is 5.97 Å². The Morgan fingerprint density at radius 1 is 1.25 bits per heavy atom.